The highest BCUT2D eigenvalue weighted by molar-refractivity contribution is 14.1. The molecule has 0 fully saturated rings. The van der Waals surface area contributed by atoms with E-state index in [0.29, 0.717) is 5.69 Å². The van der Waals surface area contributed by atoms with Gasteiger partial charge in [0.2, 0.25) is 0 Å². The Bertz CT molecular complexity index is 339. The van der Waals surface area contributed by atoms with Crippen molar-refractivity contribution in [2.75, 3.05) is 0 Å². The maximum absolute atomic E-state index is 12.5. The number of halogens is 4. The third-order valence-electron chi connectivity index (χ3n) is 1.95. The molecule has 0 spiro atoms. The van der Waals surface area contributed by atoms with E-state index < -0.39 is 17.4 Å². The minimum Gasteiger partial charge on any atom is -0.263 e. The predicted octanol–water partition coefficient (Wildman–Crippen LogP) is 3.57. The lowest BCUT2D eigenvalue weighted by Crippen LogP contribution is -2.25. The second-order valence-electron chi connectivity index (χ2n) is 4.33. The van der Waals surface area contributed by atoms with Crippen LogP contribution in [0.4, 0.5) is 13.2 Å². The molecule has 0 aliphatic heterocycles. The lowest BCUT2D eigenvalue weighted by Gasteiger charge is -2.21. The Labute approximate surface area is 100.0 Å². The van der Waals surface area contributed by atoms with Gasteiger partial charge in [0, 0.05) is 5.69 Å². The van der Waals surface area contributed by atoms with Gasteiger partial charge < -0.3 is 0 Å². The Morgan fingerprint density at radius 1 is 1.20 bits per heavy atom. The van der Waals surface area contributed by atoms with Crippen LogP contribution < -0.4 is 0 Å². The van der Waals surface area contributed by atoms with Gasteiger partial charge in [-0.3, -0.25) is 4.68 Å². The first kappa shape index (κ1) is 12.8. The summed E-state index contributed by atoms with van der Waals surface area (Å²) in [5.41, 5.74) is -0.681. The predicted molar refractivity (Wildman–Crippen MR) is 59.7 cm³/mol. The normalized spacial score (nSPS) is 13.3. The molecule has 0 radical (unpaired) electrons. The molecule has 1 aromatic heterocycles. The molecule has 2 nitrogen and oxygen atoms in total. The van der Waals surface area contributed by atoms with Crippen LogP contribution in [-0.2, 0) is 11.7 Å². The topological polar surface area (TPSA) is 17.8 Å². The fourth-order valence-electron chi connectivity index (χ4n) is 1.32. The first-order chi connectivity index (χ1) is 6.55. The average molecular weight is 332 g/mol. The van der Waals surface area contributed by atoms with Crippen molar-refractivity contribution >= 4 is 22.6 Å². The van der Waals surface area contributed by atoms with E-state index in [0.717, 1.165) is 0 Å². The molecule has 0 N–H and O–H groups in total. The molecule has 0 bridgehead atoms. The summed E-state index contributed by atoms with van der Waals surface area (Å²) in [5.74, 6) is 0. The molecular formula is C9H12F3IN2. The zero-order valence-electron chi connectivity index (χ0n) is 8.91. The Morgan fingerprint density at radius 2 is 1.67 bits per heavy atom. The van der Waals surface area contributed by atoms with E-state index in [1.807, 2.05) is 20.8 Å². The van der Waals surface area contributed by atoms with Crippen molar-refractivity contribution in [2.24, 2.45) is 0 Å². The lowest BCUT2D eigenvalue weighted by atomic mass is 10.1. The number of hydrogen-bond acceptors (Lipinski definition) is 1. The van der Waals surface area contributed by atoms with Crippen molar-refractivity contribution in [1.82, 2.24) is 9.78 Å². The van der Waals surface area contributed by atoms with E-state index >= 15 is 0 Å². The van der Waals surface area contributed by atoms with E-state index in [1.54, 1.807) is 29.5 Å². The van der Waals surface area contributed by atoms with Crippen molar-refractivity contribution < 1.29 is 13.2 Å². The fraction of sp³-hybridized carbons (Fsp3) is 0.667. The van der Waals surface area contributed by atoms with Gasteiger partial charge in [-0.15, -0.1) is 0 Å². The maximum atomic E-state index is 12.5. The second kappa shape index (κ2) is 3.64. The van der Waals surface area contributed by atoms with E-state index in [1.165, 1.54) is 4.68 Å². The molecule has 0 atom stereocenters. The summed E-state index contributed by atoms with van der Waals surface area (Å²) in [6.07, 6.45) is -4.38. The van der Waals surface area contributed by atoms with Gasteiger partial charge in [-0.25, -0.2) is 0 Å². The highest BCUT2D eigenvalue weighted by atomic mass is 127. The van der Waals surface area contributed by atoms with Gasteiger partial charge in [-0.2, -0.15) is 18.3 Å². The first-order valence-corrected chi connectivity index (χ1v) is 5.46. The molecule has 0 saturated carbocycles. The second-order valence-corrected chi connectivity index (χ2v) is 5.41. The van der Waals surface area contributed by atoms with Gasteiger partial charge in [0.25, 0.3) is 0 Å². The van der Waals surface area contributed by atoms with Crippen molar-refractivity contribution in [1.29, 1.82) is 0 Å². The van der Waals surface area contributed by atoms with Crippen LogP contribution in [0.1, 0.15) is 32.2 Å². The molecule has 0 aromatic carbocycles. The van der Waals surface area contributed by atoms with Gasteiger partial charge in [-0.1, -0.05) is 0 Å². The van der Waals surface area contributed by atoms with Crippen LogP contribution in [0.3, 0.4) is 0 Å². The van der Waals surface area contributed by atoms with Crippen molar-refractivity contribution in [3.05, 3.63) is 15.0 Å². The molecule has 0 unspecified atom stereocenters. The van der Waals surface area contributed by atoms with Gasteiger partial charge in [0.05, 0.1) is 9.11 Å². The summed E-state index contributed by atoms with van der Waals surface area (Å²) in [4.78, 5) is 0. The van der Waals surface area contributed by atoms with Crippen LogP contribution in [0.5, 0.6) is 0 Å². The summed E-state index contributed by atoms with van der Waals surface area (Å²) >= 11 is 1.69. The molecule has 1 aromatic rings. The molecule has 0 amide bonds. The van der Waals surface area contributed by atoms with E-state index in [4.69, 9.17) is 0 Å². The van der Waals surface area contributed by atoms with Crippen molar-refractivity contribution in [3.63, 3.8) is 0 Å². The van der Waals surface area contributed by atoms with E-state index in [9.17, 15) is 13.2 Å². The standard InChI is InChI=1S/C9H12F3IN2/c1-5-6(13)7(9(10,11)12)14-15(5)8(2,3)4/h1-4H3. The average Bonchev–Trinajstić information content (AvgIpc) is 2.26. The number of nitrogens with zero attached hydrogens (tertiary/aromatic N) is 2. The molecule has 6 heteroatoms. The van der Waals surface area contributed by atoms with Gasteiger partial charge in [-0.05, 0) is 50.3 Å². The third kappa shape index (κ3) is 2.46. The molecule has 1 heterocycles. The van der Waals surface area contributed by atoms with Crippen LogP contribution in [-0.4, -0.2) is 9.78 Å². The van der Waals surface area contributed by atoms with Crippen molar-refractivity contribution in [3.8, 4) is 0 Å². The number of hydrogen-bond donors (Lipinski definition) is 0. The van der Waals surface area contributed by atoms with Crippen LogP contribution in [0.25, 0.3) is 0 Å². The molecular weight excluding hydrogens is 320 g/mol. The monoisotopic (exact) mass is 332 g/mol. The lowest BCUT2D eigenvalue weighted by molar-refractivity contribution is -0.142. The summed E-state index contributed by atoms with van der Waals surface area (Å²) in [5, 5.41) is 3.64. The minimum atomic E-state index is -4.38. The van der Waals surface area contributed by atoms with Crippen LogP contribution >= 0.6 is 22.6 Å². The number of rotatable bonds is 0. The highest BCUT2D eigenvalue weighted by Gasteiger charge is 2.39. The van der Waals surface area contributed by atoms with Crippen LogP contribution in [0, 0.1) is 10.5 Å². The smallest absolute Gasteiger partial charge is 0.263 e. The molecule has 0 aliphatic carbocycles. The Kier molecular flexibility index (Phi) is 3.10. The SMILES string of the molecule is Cc1c(I)c(C(F)(F)F)nn1C(C)(C)C. The summed E-state index contributed by atoms with van der Waals surface area (Å²) in [6, 6.07) is 0. The Balaban J connectivity index is 3.38. The molecule has 15 heavy (non-hydrogen) atoms. The van der Waals surface area contributed by atoms with Crippen LogP contribution in [0.15, 0.2) is 0 Å². The van der Waals surface area contributed by atoms with Gasteiger partial charge in [0.1, 0.15) is 0 Å². The minimum absolute atomic E-state index is 0.176. The molecule has 86 valence electrons. The number of aromatic nitrogens is 2. The summed E-state index contributed by atoms with van der Waals surface area (Å²) < 4.78 is 39.2. The largest absolute Gasteiger partial charge is 0.436 e. The summed E-state index contributed by atoms with van der Waals surface area (Å²) in [7, 11) is 0. The van der Waals surface area contributed by atoms with Gasteiger partial charge >= 0.3 is 6.18 Å². The number of alkyl halides is 3. The zero-order chi connectivity index (χ0) is 12.0. The van der Waals surface area contributed by atoms with E-state index in [-0.39, 0.29) is 3.57 Å². The quantitative estimate of drug-likeness (QED) is 0.664. The first-order valence-electron chi connectivity index (χ1n) is 4.38. The Morgan fingerprint density at radius 3 is 1.87 bits per heavy atom. The zero-order valence-corrected chi connectivity index (χ0v) is 11.1. The molecule has 0 aliphatic rings. The van der Waals surface area contributed by atoms with Crippen LogP contribution in [0.2, 0.25) is 0 Å². The molecule has 0 saturated heterocycles. The van der Waals surface area contributed by atoms with E-state index in [2.05, 4.69) is 5.10 Å². The highest BCUT2D eigenvalue weighted by Crippen LogP contribution is 2.34. The third-order valence-corrected chi connectivity index (χ3v) is 3.24. The van der Waals surface area contributed by atoms with Crippen molar-refractivity contribution in [2.45, 2.75) is 39.4 Å². The Hall–Kier alpha value is -0.270. The fourth-order valence-corrected chi connectivity index (χ4v) is 1.96. The van der Waals surface area contributed by atoms with Gasteiger partial charge in [0.15, 0.2) is 5.69 Å². The summed E-state index contributed by atoms with van der Waals surface area (Å²) in [6.45, 7) is 7.12. The molecule has 1 rings (SSSR count). The maximum Gasteiger partial charge on any atom is 0.436 e.